The predicted octanol–water partition coefficient (Wildman–Crippen LogP) is -1.12. The zero-order valence-electron chi connectivity index (χ0n) is 10.7. The predicted molar refractivity (Wildman–Crippen MR) is 67.3 cm³/mol. The molecular formula is C11H21N3O5. The Morgan fingerprint density at radius 1 is 1.37 bits per heavy atom. The van der Waals surface area contributed by atoms with Crippen LogP contribution in [0.4, 0.5) is 0 Å². The Bertz CT molecular complexity index is 321. The minimum atomic E-state index is -0.944. The summed E-state index contributed by atoms with van der Waals surface area (Å²) in [4.78, 5) is 30.7. The third-order valence-electron chi connectivity index (χ3n) is 2.58. The minimum absolute atomic E-state index is 0.164. The third-order valence-corrected chi connectivity index (χ3v) is 2.58. The van der Waals surface area contributed by atoms with Gasteiger partial charge in [0.25, 0.3) is 0 Å². The summed E-state index contributed by atoms with van der Waals surface area (Å²) >= 11 is 0. The van der Waals surface area contributed by atoms with Crippen LogP contribution in [0.5, 0.6) is 0 Å². The van der Waals surface area contributed by atoms with E-state index in [4.69, 9.17) is 21.7 Å². The van der Waals surface area contributed by atoms with Crippen LogP contribution in [0.1, 0.15) is 32.1 Å². The van der Waals surface area contributed by atoms with Crippen LogP contribution in [0.2, 0.25) is 0 Å². The number of nitrogens with two attached hydrogens (primary N) is 2. The third kappa shape index (κ3) is 8.11. The van der Waals surface area contributed by atoms with Crippen LogP contribution in [-0.2, 0) is 14.4 Å². The molecule has 19 heavy (non-hydrogen) atoms. The Kier molecular flexibility index (Phi) is 8.47. The topological polar surface area (TPSA) is 156 Å². The number of carbonyl (C=O) groups is 3. The zero-order chi connectivity index (χ0) is 14.8. The van der Waals surface area contributed by atoms with Crippen LogP contribution in [0, 0.1) is 0 Å². The first kappa shape index (κ1) is 17.3. The maximum absolute atomic E-state index is 10.4. The quantitative estimate of drug-likeness (QED) is 0.384. The fourth-order valence-corrected chi connectivity index (χ4v) is 1.43. The van der Waals surface area contributed by atoms with Gasteiger partial charge in [0, 0.05) is 6.42 Å². The van der Waals surface area contributed by atoms with E-state index in [0.29, 0.717) is 25.8 Å². The Morgan fingerprint density at radius 3 is 2.32 bits per heavy atom. The molecule has 0 radical (unpaired) electrons. The first-order valence-electron chi connectivity index (χ1n) is 6.09. The van der Waals surface area contributed by atoms with Gasteiger partial charge in [-0.15, -0.1) is 0 Å². The molecule has 1 amide bonds. The van der Waals surface area contributed by atoms with Gasteiger partial charge in [0.15, 0.2) is 0 Å². The maximum atomic E-state index is 10.4. The molecule has 7 N–H and O–H groups in total. The molecule has 1 saturated heterocycles. The summed E-state index contributed by atoms with van der Waals surface area (Å²) in [5.41, 5.74) is 10.4. The van der Waals surface area contributed by atoms with Gasteiger partial charge in [-0.3, -0.25) is 9.59 Å². The average Bonchev–Trinajstić information content (AvgIpc) is 2.77. The number of aliphatic carboxylic acids is 2. The van der Waals surface area contributed by atoms with Gasteiger partial charge in [0.05, 0.1) is 0 Å². The summed E-state index contributed by atoms with van der Waals surface area (Å²) in [7, 11) is 0. The second kappa shape index (κ2) is 9.29. The summed E-state index contributed by atoms with van der Waals surface area (Å²) in [6, 6.07) is -1.36. The Labute approximate surface area is 111 Å². The van der Waals surface area contributed by atoms with Crippen molar-refractivity contribution >= 4 is 17.8 Å². The number of amides is 1. The number of unbranched alkanes of at least 4 members (excludes halogenated alkanes) is 1. The molecule has 1 aliphatic rings. The first-order valence-corrected chi connectivity index (χ1v) is 6.09. The van der Waals surface area contributed by atoms with E-state index in [-0.39, 0.29) is 5.91 Å². The van der Waals surface area contributed by atoms with Crippen molar-refractivity contribution in [1.29, 1.82) is 0 Å². The van der Waals surface area contributed by atoms with Gasteiger partial charge in [0.2, 0.25) is 5.91 Å². The first-order chi connectivity index (χ1) is 8.88. The highest BCUT2D eigenvalue weighted by atomic mass is 16.4. The maximum Gasteiger partial charge on any atom is 0.326 e. The Balaban J connectivity index is 0.000000342. The van der Waals surface area contributed by atoms with Crippen LogP contribution in [0.3, 0.4) is 0 Å². The van der Waals surface area contributed by atoms with E-state index in [1.807, 2.05) is 0 Å². The number of rotatable bonds is 6. The van der Waals surface area contributed by atoms with E-state index in [2.05, 4.69) is 5.32 Å². The number of carboxylic acids is 2. The van der Waals surface area contributed by atoms with E-state index in [1.165, 1.54) is 0 Å². The molecule has 0 aromatic rings. The van der Waals surface area contributed by atoms with Crippen molar-refractivity contribution in [3.8, 4) is 0 Å². The number of hydrogen-bond acceptors (Lipinski definition) is 5. The van der Waals surface area contributed by atoms with Gasteiger partial charge in [-0.25, -0.2) is 4.79 Å². The van der Waals surface area contributed by atoms with Crippen molar-refractivity contribution in [3.63, 3.8) is 0 Å². The smallest absolute Gasteiger partial charge is 0.326 e. The second-order valence-electron chi connectivity index (χ2n) is 4.23. The summed E-state index contributed by atoms with van der Waals surface area (Å²) in [5.74, 6) is -2.04. The van der Waals surface area contributed by atoms with Crippen LogP contribution in [0.15, 0.2) is 0 Å². The molecule has 0 bridgehead atoms. The lowest BCUT2D eigenvalue weighted by molar-refractivity contribution is -0.140. The SMILES string of the molecule is NCCCCC(N)C(=O)O.O=C1CCC(C(=O)O)N1. The van der Waals surface area contributed by atoms with Crippen LogP contribution in [-0.4, -0.2) is 46.7 Å². The molecule has 0 spiro atoms. The summed E-state index contributed by atoms with van der Waals surface area (Å²) in [6.45, 7) is 0.604. The summed E-state index contributed by atoms with van der Waals surface area (Å²) in [6.07, 6.45) is 2.93. The van der Waals surface area contributed by atoms with Crippen LogP contribution in [0.25, 0.3) is 0 Å². The van der Waals surface area contributed by atoms with Crippen molar-refractivity contribution < 1.29 is 24.6 Å². The van der Waals surface area contributed by atoms with E-state index in [0.717, 1.165) is 12.8 Å². The van der Waals surface area contributed by atoms with E-state index < -0.39 is 24.0 Å². The Morgan fingerprint density at radius 2 is 2.00 bits per heavy atom. The Hall–Kier alpha value is -1.67. The fourth-order valence-electron chi connectivity index (χ4n) is 1.43. The molecule has 0 aromatic heterocycles. The molecule has 110 valence electrons. The van der Waals surface area contributed by atoms with Crippen molar-refractivity contribution in [3.05, 3.63) is 0 Å². The van der Waals surface area contributed by atoms with Gasteiger partial charge in [-0.2, -0.15) is 0 Å². The van der Waals surface area contributed by atoms with Crippen molar-refractivity contribution in [1.82, 2.24) is 5.32 Å². The van der Waals surface area contributed by atoms with Gasteiger partial charge in [0.1, 0.15) is 12.1 Å². The van der Waals surface area contributed by atoms with Crippen LogP contribution >= 0.6 is 0 Å². The van der Waals surface area contributed by atoms with E-state index in [1.54, 1.807) is 0 Å². The van der Waals surface area contributed by atoms with Gasteiger partial charge in [-0.05, 0) is 25.8 Å². The van der Waals surface area contributed by atoms with Crippen molar-refractivity contribution in [2.75, 3.05) is 6.54 Å². The summed E-state index contributed by atoms with van der Waals surface area (Å²) < 4.78 is 0. The van der Waals surface area contributed by atoms with Crippen molar-refractivity contribution in [2.45, 2.75) is 44.2 Å². The lowest BCUT2D eigenvalue weighted by Crippen LogP contribution is -2.32. The number of carbonyl (C=O) groups excluding carboxylic acids is 1. The van der Waals surface area contributed by atoms with Crippen LogP contribution < -0.4 is 16.8 Å². The molecule has 1 fully saturated rings. The standard InChI is InChI=1S/C6H14N2O2.C5H7NO3/c7-4-2-1-3-5(8)6(9)10;7-4-2-1-3(6-4)5(8)9/h5H,1-4,7-8H2,(H,9,10);3H,1-2H2,(H,6,7)(H,8,9). The molecule has 0 aromatic carbocycles. The molecule has 1 rings (SSSR count). The van der Waals surface area contributed by atoms with E-state index >= 15 is 0 Å². The average molecular weight is 275 g/mol. The summed E-state index contributed by atoms with van der Waals surface area (Å²) in [5, 5.41) is 19.0. The van der Waals surface area contributed by atoms with Gasteiger partial charge in [-0.1, -0.05) is 6.42 Å². The molecule has 8 heteroatoms. The molecule has 2 unspecified atom stereocenters. The normalized spacial score (nSPS) is 19.1. The largest absolute Gasteiger partial charge is 0.480 e. The number of nitrogens with one attached hydrogen (secondary N) is 1. The number of hydrogen-bond donors (Lipinski definition) is 5. The highest BCUT2D eigenvalue weighted by molar-refractivity contribution is 5.87. The van der Waals surface area contributed by atoms with Gasteiger partial charge >= 0.3 is 11.9 Å². The highest BCUT2D eigenvalue weighted by Crippen LogP contribution is 2.05. The lowest BCUT2D eigenvalue weighted by Gasteiger charge is -2.03. The molecule has 0 saturated carbocycles. The van der Waals surface area contributed by atoms with Gasteiger partial charge < -0.3 is 27.0 Å². The fraction of sp³-hybridized carbons (Fsp3) is 0.727. The highest BCUT2D eigenvalue weighted by Gasteiger charge is 2.26. The monoisotopic (exact) mass is 275 g/mol. The molecule has 1 heterocycles. The van der Waals surface area contributed by atoms with Crippen molar-refractivity contribution in [2.24, 2.45) is 11.5 Å². The number of carboxylic acid groups (broad SMARTS) is 2. The molecule has 0 aliphatic carbocycles. The lowest BCUT2D eigenvalue weighted by atomic mass is 10.1. The van der Waals surface area contributed by atoms with E-state index in [9.17, 15) is 14.4 Å². The second-order valence-corrected chi connectivity index (χ2v) is 4.23. The minimum Gasteiger partial charge on any atom is -0.480 e. The molecular weight excluding hydrogens is 254 g/mol. The molecule has 1 aliphatic heterocycles. The molecule has 2 atom stereocenters. The zero-order valence-corrected chi connectivity index (χ0v) is 10.7. The molecule has 8 nitrogen and oxygen atoms in total.